The van der Waals surface area contributed by atoms with Crippen molar-refractivity contribution in [1.82, 2.24) is 9.97 Å². The minimum atomic E-state index is -0.484. The largest absolute Gasteiger partial charge is 0.441 e. The molecule has 0 unspecified atom stereocenters. The molecule has 9 heteroatoms. The Hall–Kier alpha value is -3.07. The molecule has 0 atom stereocenters. The fourth-order valence-electron chi connectivity index (χ4n) is 2.24. The third kappa shape index (κ3) is 4.51. The Balaban J connectivity index is 1.54. The number of hydrogen-bond donors (Lipinski definition) is 2. The first-order valence-corrected chi connectivity index (χ1v) is 8.61. The van der Waals surface area contributed by atoms with Crippen LogP contribution in [-0.2, 0) is 22.4 Å². The number of thiazole rings is 1. The van der Waals surface area contributed by atoms with E-state index in [0.717, 1.165) is 0 Å². The van der Waals surface area contributed by atoms with E-state index in [0.29, 0.717) is 28.0 Å². The summed E-state index contributed by atoms with van der Waals surface area (Å²) >= 11 is 1.21. The van der Waals surface area contributed by atoms with Gasteiger partial charge in [-0.05, 0) is 12.1 Å². The quantitative estimate of drug-likeness (QED) is 0.660. The van der Waals surface area contributed by atoms with Gasteiger partial charge in [-0.2, -0.15) is 0 Å². The van der Waals surface area contributed by atoms with Crippen molar-refractivity contribution in [2.75, 3.05) is 5.32 Å². The molecule has 0 aliphatic carbocycles. The predicted molar refractivity (Wildman–Crippen MR) is 93.9 cm³/mol. The Kier molecular flexibility index (Phi) is 5.37. The Morgan fingerprint density at radius 3 is 2.88 bits per heavy atom. The molecule has 0 spiro atoms. The van der Waals surface area contributed by atoms with E-state index in [1.165, 1.54) is 23.6 Å². The van der Waals surface area contributed by atoms with Gasteiger partial charge in [-0.3, -0.25) is 9.59 Å². The molecule has 1 aromatic carbocycles. The van der Waals surface area contributed by atoms with Crippen molar-refractivity contribution in [2.24, 2.45) is 5.73 Å². The summed E-state index contributed by atoms with van der Waals surface area (Å²) in [5.74, 6) is -0.497. The lowest BCUT2D eigenvalue weighted by Gasteiger charge is -2.00. The highest BCUT2D eigenvalue weighted by molar-refractivity contribution is 7.13. The van der Waals surface area contributed by atoms with Crippen molar-refractivity contribution in [2.45, 2.75) is 19.3 Å². The molecule has 3 N–H and O–H groups in total. The minimum absolute atomic E-state index is 0.0293. The maximum atomic E-state index is 13.7. The first-order chi connectivity index (χ1) is 12.5. The monoisotopic (exact) mass is 374 g/mol. The number of oxazole rings is 1. The van der Waals surface area contributed by atoms with Gasteiger partial charge in [0, 0.05) is 18.2 Å². The maximum absolute atomic E-state index is 13.7. The molecule has 0 aliphatic rings. The first-order valence-electron chi connectivity index (χ1n) is 7.73. The smallest absolute Gasteiger partial charge is 0.226 e. The highest BCUT2D eigenvalue weighted by Crippen LogP contribution is 2.23. The van der Waals surface area contributed by atoms with E-state index in [4.69, 9.17) is 10.2 Å². The van der Waals surface area contributed by atoms with Crippen LogP contribution in [-0.4, -0.2) is 21.8 Å². The highest BCUT2D eigenvalue weighted by atomic mass is 32.1. The molecule has 2 heterocycles. The lowest BCUT2D eigenvalue weighted by atomic mass is 10.2. The number of anilines is 1. The van der Waals surface area contributed by atoms with Crippen molar-refractivity contribution in [1.29, 1.82) is 0 Å². The van der Waals surface area contributed by atoms with Crippen LogP contribution in [0.5, 0.6) is 0 Å². The molecule has 0 saturated carbocycles. The molecular formula is C17H15FN4O3S. The third-order valence-electron chi connectivity index (χ3n) is 3.41. The van der Waals surface area contributed by atoms with E-state index in [2.05, 4.69) is 15.3 Å². The van der Waals surface area contributed by atoms with Crippen LogP contribution in [0.25, 0.3) is 11.3 Å². The van der Waals surface area contributed by atoms with Crippen LogP contribution in [0.15, 0.2) is 40.3 Å². The van der Waals surface area contributed by atoms with Crippen molar-refractivity contribution in [3.8, 4) is 11.3 Å². The standard InChI is InChI=1S/C17H15FN4O3S/c18-12-4-2-1-3-11(12)13-8-20-16(25-13)6-5-15(24)22-17-21-10(9-26-17)7-14(19)23/h1-4,8-9H,5-7H2,(H2,19,23)(H,21,22,24). The number of amides is 2. The number of nitrogens with two attached hydrogens (primary N) is 1. The number of aromatic nitrogens is 2. The molecule has 0 radical (unpaired) electrons. The fraction of sp³-hybridized carbons (Fsp3) is 0.176. The van der Waals surface area contributed by atoms with Gasteiger partial charge in [0.25, 0.3) is 0 Å². The fourth-order valence-corrected chi connectivity index (χ4v) is 2.96. The van der Waals surface area contributed by atoms with Gasteiger partial charge in [0.1, 0.15) is 5.82 Å². The molecule has 0 fully saturated rings. The first kappa shape index (κ1) is 17.7. The molecular weight excluding hydrogens is 359 g/mol. The molecule has 0 aliphatic heterocycles. The molecule has 134 valence electrons. The van der Waals surface area contributed by atoms with E-state index in [-0.39, 0.29) is 25.2 Å². The second-order valence-electron chi connectivity index (χ2n) is 5.43. The summed E-state index contributed by atoms with van der Waals surface area (Å²) in [6.07, 6.45) is 1.85. The molecule has 0 saturated heterocycles. The minimum Gasteiger partial charge on any atom is -0.441 e. The van der Waals surface area contributed by atoms with Gasteiger partial charge >= 0.3 is 0 Å². The number of primary amides is 1. The third-order valence-corrected chi connectivity index (χ3v) is 4.22. The molecule has 7 nitrogen and oxygen atoms in total. The number of hydrogen-bond acceptors (Lipinski definition) is 6. The SMILES string of the molecule is NC(=O)Cc1csc(NC(=O)CCc2ncc(-c3ccccc3F)o2)n1. The zero-order valence-corrected chi connectivity index (χ0v) is 14.4. The number of benzene rings is 1. The number of nitrogens with zero attached hydrogens (tertiary/aromatic N) is 2. The van der Waals surface area contributed by atoms with E-state index in [9.17, 15) is 14.0 Å². The normalized spacial score (nSPS) is 10.7. The van der Waals surface area contributed by atoms with Gasteiger partial charge in [-0.1, -0.05) is 12.1 Å². The van der Waals surface area contributed by atoms with Gasteiger partial charge in [-0.15, -0.1) is 11.3 Å². The van der Waals surface area contributed by atoms with Gasteiger partial charge in [0.15, 0.2) is 16.8 Å². The van der Waals surface area contributed by atoms with Crippen molar-refractivity contribution in [3.05, 3.63) is 53.2 Å². The Morgan fingerprint density at radius 1 is 1.31 bits per heavy atom. The summed E-state index contributed by atoms with van der Waals surface area (Å²) in [5, 5.41) is 4.70. The van der Waals surface area contributed by atoms with E-state index < -0.39 is 11.7 Å². The van der Waals surface area contributed by atoms with E-state index >= 15 is 0 Å². The number of halogens is 1. The predicted octanol–water partition coefficient (Wildman–Crippen LogP) is 2.54. The zero-order valence-electron chi connectivity index (χ0n) is 13.6. The van der Waals surface area contributed by atoms with E-state index in [1.54, 1.807) is 23.6 Å². The average Bonchev–Trinajstić information content (AvgIpc) is 3.22. The number of aryl methyl sites for hydroxylation is 1. The van der Waals surface area contributed by atoms with Crippen molar-refractivity contribution in [3.63, 3.8) is 0 Å². The highest BCUT2D eigenvalue weighted by Gasteiger charge is 2.13. The molecule has 3 rings (SSSR count). The summed E-state index contributed by atoms with van der Waals surface area (Å²) < 4.78 is 19.2. The summed E-state index contributed by atoms with van der Waals surface area (Å²) in [6.45, 7) is 0. The van der Waals surface area contributed by atoms with Gasteiger partial charge < -0.3 is 15.5 Å². The summed E-state index contributed by atoms with van der Waals surface area (Å²) in [4.78, 5) is 31.0. The average molecular weight is 374 g/mol. The van der Waals surface area contributed by atoms with E-state index in [1.807, 2.05) is 0 Å². The number of carbonyl (C=O) groups excluding carboxylic acids is 2. The molecule has 3 aromatic rings. The number of rotatable bonds is 7. The summed E-state index contributed by atoms with van der Waals surface area (Å²) in [7, 11) is 0. The Morgan fingerprint density at radius 2 is 2.12 bits per heavy atom. The van der Waals surface area contributed by atoms with Crippen LogP contribution in [0.2, 0.25) is 0 Å². The second kappa shape index (κ2) is 7.87. The number of nitrogens with one attached hydrogen (secondary N) is 1. The summed E-state index contributed by atoms with van der Waals surface area (Å²) in [6, 6.07) is 6.23. The van der Waals surface area contributed by atoms with Gasteiger partial charge in [-0.25, -0.2) is 14.4 Å². The Labute approximate surface area is 152 Å². The van der Waals surface area contributed by atoms with Crippen LogP contribution in [0.3, 0.4) is 0 Å². The van der Waals surface area contributed by atoms with Crippen LogP contribution in [0.4, 0.5) is 9.52 Å². The molecule has 0 bridgehead atoms. The van der Waals surface area contributed by atoms with Crippen LogP contribution >= 0.6 is 11.3 Å². The van der Waals surface area contributed by atoms with Crippen LogP contribution < -0.4 is 11.1 Å². The van der Waals surface area contributed by atoms with Crippen molar-refractivity contribution < 1.29 is 18.4 Å². The van der Waals surface area contributed by atoms with Crippen molar-refractivity contribution >= 4 is 28.3 Å². The van der Waals surface area contributed by atoms with Crippen LogP contribution in [0, 0.1) is 5.82 Å². The Bertz CT molecular complexity index is 937. The second-order valence-corrected chi connectivity index (χ2v) is 6.29. The summed E-state index contributed by atoms with van der Waals surface area (Å²) in [5.41, 5.74) is 5.93. The topological polar surface area (TPSA) is 111 Å². The lowest BCUT2D eigenvalue weighted by Crippen LogP contribution is -2.14. The van der Waals surface area contributed by atoms with Gasteiger partial charge in [0.05, 0.1) is 23.9 Å². The molecule has 2 amide bonds. The lowest BCUT2D eigenvalue weighted by molar-refractivity contribution is -0.117. The zero-order chi connectivity index (χ0) is 18.5. The molecule has 26 heavy (non-hydrogen) atoms. The number of carbonyl (C=O) groups is 2. The molecule has 2 aromatic heterocycles. The maximum Gasteiger partial charge on any atom is 0.226 e. The van der Waals surface area contributed by atoms with Crippen LogP contribution in [0.1, 0.15) is 18.0 Å². The van der Waals surface area contributed by atoms with Gasteiger partial charge in [0.2, 0.25) is 11.8 Å².